The number of halogens is 1. The number of benzene rings is 2. The Kier molecular flexibility index (Phi) is 4.76. The third-order valence-electron chi connectivity index (χ3n) is 5.66. The number of aryl methyl sites for hydroxylation is 3. The Balaban J connectivity index is 1.65. The quantitative estimate of drug-likeness (QED) is 0.627. The molecule has 1 unspecified atom stereocenters. The van der Waals surface area contributed by atoms with E-state index in [2.05, 4.69) is 48.9 Å². The lowest BCUT2D eigenvalue weighted by molar-refractivity contribution is 0.134. The minimum absolute atomic E-state index is 0.343. The SMILES string of the molecule is Cc1ccc(CN2CCCCC2c2nc3cc(Cl)cc(C)c3[nH]2)cc1C. The van der Waals surface area contributed by atoms with E-state index in [1.54, 1.807) is 0 Å². The van der Waals surface area contributed by atoms with Crippen molar-refractivity contribution in [2.75, 3.05) is 6.54 Å². The summed E-state index contributed by atoms with van der Waals surface area (Å²) in [5.74, 6) is 1.08. The molecule has 0 amide bonds. The van der Waals surface area contributed by atoms with E-state index in [1.165, 1.54) is 29.5 Å². The molecule has 2 aromatic carbocycles. The highest BCUT2D eigenvalue weighted by molar-refractivity contribution is 6.31. The molecule has 4 heteroatoms. The molecular weight excluding hydrogens is 342 g/mol. The second-order valence-electron chi connectivity index (χ2n) is 7.64. The maximum absolute atomic E-state index is 6.22. The van der Waals surface area contributed by atoms with Gasteiger partial charge in [-0.05, 0) is 74.5 Å². The minimum atomic E-state index is 0.343. The van der Waals surface area contributed by atoms with Crippen molar-refractivity contribution in [3.63, 3.8) is 0 Å². The summed E-state index contributed by atoms with van der Waals surface area (Å²) < 4.78 is 0. The van der Waals surface area contributed by atoms with Crippen LogP contribution in [0.3, 0.4) is 0 Å². The van der Waals surface area contributed by atoms with Crippen LogP contribution in [0.2, 0.25) is 5.02 Å². The minimum Gasteiger partial charge on any atom is -0.340 e. The number of rotatable bonds is 3. The van der Waals surface area contributed by atoms with Gasteiger partial charge in [-0.25, -0.2) is 4.98 Å². The van der Waals surface area contributed by atoms with E-state index in [1.807, 2.05) is 12.1 Å². The van der Waals surface area contributed by atoms with E-state index in [9.17, 15) is 0 Å². The normalized spacial score (nSPS) is 18.5. The fourth-order valence-electron chi connectivity index (χ4n) is 4.05. The first-order valence-corrected chi connectivity index (χ1v) is 9.85. The standard InChI is InChI=1S/C22H26ClN3/c1-14-7-8-17(10-15(14)2)13-26-9-5-4-6-20(26)22-24-19-12-18(23)11-16(3)21(19)25-22/h7-8,10-12,20H,4-6,9,13H2,1-3H3,(H,24,25). The lowest BCUT2D eigenvalue weighted by atomic mass is 9.99. The maximum atomic E-state index is 6.22. The number of imidazole rings is 1. The third kappa shape index (κ3) is 3.38. The maximum Gasteiger partial charge on any atom is 0.124 e. The summed E-state index contributed by atoms with van der Waals surface area (Å²) in [6.07, 6.45) is 3.66. The molecule has 3 nitrogen and oxygen atoms in total. The fourth-order valence-corrected chi connectivity index (χ4v) is 4.31. The Morgan fingerprint density at radius 2 is 1.92 bits per heavy atom. The number of nitrogens with zero attached hydrogens (tertiary/aromatic N) is 2. The summed E-state index contributed by atoms with van der Waals surface area (Å²) in [7, 11) is 0. The van der Waals surface area contributed by atoms with E-state index in [0.29, 0.717) is 6.04 Å². The first-order chi connectivity index (χ1) is 12.5. The fraction of sp³-hybridized carbons (Fsp3) is 0.409. The van der Waals surface area contributed by atoms with Crippen molar-refractivity contribution in [1.29, 1.82) is 0 Å². The van der Waals surface area contributed by atoms with Gasteiger partial charge in [-0.2, -0.15) is 0 Å². The van der Waals surface area contributed by atoms with Gasteiger partial charge in [-0.15, -0.1) is 0 Å². The molecule has 1 aromatic heterocycles. The van der Waals surface area contributed by atoms with Crippen molar-refractivity contribution in [1.82, 2.24) is 14.9 Å². The topological polar surface area (TPSA) is 31.9 Å². The average Bonchev–Trinajstić information content (AvgIpc) is 3.03. The number of nitrogens with one attached hydrogen (secondary N) is 1. The number of piperidine rings is 1. The van der Waals surface area contributed by atoms with Gasteiger partial charge < -0.3 is 4.98 Å². The Labute approximate surface area is 160 Å². The monoisotopic (exact) mass is 367 g/mol. The van der Waals surface area contributed by atoms with Crippen LogP contribution in [0.15, 0.2) is 30.3 Å². The van der Waals surface area contributed by atoms with Crippen molar-refractivity contribution >= 4 is 22.6 Å². The first kappa shape index (κ1) is 17.6. The number of hydrogen-bond acceptors (Lipinski definition) is 2. The van der Waals surface area contributed by atoms with E-state index in [0.717, 1.165) is 47.0 Å². The zero-order valence-electron chi connectivity index (χ0n) is 15.8. The van der Waals surface area contributed by atoms with Crippen LogP contribution in [-0.2, 0) is 6.54 Å². The molecule has 2 heterocycles. The summed E-state index contributed by atoms with van der Waals surface area (Å²) in [4.78, 5) is 11.1. The van der Waals surface area contributed by atoms with Crippen molar-refractivity contribution in [2.24, 2.45) is 0 Å². The molecule has 0 bridgehead atoms. The van der Waals surface area contributed by atoms with Gasteiger partial charge in [-0.1, -0.05) is 36.2 Å². The molecule has 136 valence electrons. The van der Waals surface area contributed by atoms with Crippen LogP contribution in [0.1, 0.15) is 53.4 Å². The molecular formula is C22H26ClN3. The largest absolute Gasteiger partial charge is 0.340 e. The number of hydrogen-bond donors (Lipinski definition) is 1. The molecule has 0 saturated carbocycles. The lowest BCUT2D eigenvalue weighted by Crippen LogP contribution is -2.33. The van der Waals surface area contributed by atoms with Crippen LogP contribution in [0, 0.1) is 20.8 Å². The van der Waals surface area contributed by atoms with Crippen LogP contribution in [0.4, 0.5) is 0 Å². The van der Waals surface area contributed by atoms with Crippen LogP contribution in [0.5, 0.6) is 0 Å². The molecule has 1 saturated heterocycles. The Bertz CT molecular complexity index is 944. The summed E-state index contributed by atoms with van der Waals surface area (Å²) in [6, 6.07) is 11.1. The van der Waals surface area contributed by atoms with Crippen molar-refractivity contribution < 1.29 is 0 Å². The molecule has 1 N–H and O–H groups in total. The number of fused-ring (bicyclic) bond motifs is 1. The molecule has 0 spiro atoms. The van der Waals surface area contributed by atoms with Gasteiger partial charge in [0.1, 0.15) is 5.82 Å². The highest BCUT2D eigenvalue weighted by Gasteiger charge is 2.27. The molecule has 1 aliphatic rings. The molecule has 26 heavy (non-hydrogen) atoms. The van der Waals surface area contributed by atoms with Gasteiger partial charge in [0.2, 0.25) is 0 Å². The highest BCUT2D eigenvalue weighted by atomic mass is 35.5. The number of H-pyrrole nitrogens is 1. The van der Waals surface area contributed by atoms with Crippen molar-refractivity contribution in [3.8, 4) is 0 Å². The van der Waals surface area contributed by atoms with Gasteiger partial charge in [0.25, 0.3) is 0 Å². The molecule has 0 radical (unpaired) electrons. The van der Waals surface area contributed by atoms with E-state index >= 15 is 0 Å². The average molecular weight is 368 g/mol. The lowest BCUT2D eigenvalue weighted by Gasteiger charge is -2.34. The molecule has 0 aliphatic carbocycles. The van der Waals surface area contributed by atoms with E-state index in [4.69, 9.17) is 16.6 Å². The van der Waals surface area contributed by atoms with Gasteiger partial charge in [0.05, 0.1) is 17.1 Å². The Morgan fingerprint density at radius 1 is 1.08 bits per heavy atom. The predicted molar refractivity (Wildman–Crippen MR) is 109 cm³/mol. The first-order valence-electron chi connectivity index (χ1n) is 9.47. The van der Waals surface area contributed by atoms with Crippen LogP contribution >= 0.6 is 11.6 Å². The van der Waals surface area contributed by atoms with Crippen LogP contribution in [-0.4, -0.2) is 21.4 Å². The molecule has 3 aromatic rings. The van der Waals surface area contributed by atoms with E-state index < -0.39 is 0 Å². The highest BCUT2D eigenvalue weighted by Crippen LogP contribution is 2.33. The van der Waals surface area contributed by atoms with Crippen molar-refractivity contribution in [2.45, 2.75) is 52.6 Å². The second kappa shape index (κ2) is 7.05. The van der Waals surface area contributed by atoms with Crippen LogP contribution < -0.4 is 0 Å². The van der Waals surface area contributed by atoms with Gasteiger partial charge >= 0.3 is 0 Å². The van der Waals surface area contributed by atoms with Gasteiger partial charge in [-0.3, -0.25) is 4.90 Å². The Hall–Kier alpha value is -1.84. The number of aromatic nitrogens is 2. The predicted octanol–water partition coefficient (Wildman–Crippen LogP) is 5.87. The third-order valence-corrected chi connectivity index (χ3v) is 5.88. The van der Waals surface area contributed by atoms with E-state index in [-0.39, 0.29) is 0 Å². The summed E-state index contributed by atoms with van der Waals surface area (Å²) in [5.41, 5.74) is 7.35. The Morgan fingerprint density at radius 3 is 2.73 bits per heavy atom. The smallest absolute Gasteiger partial charge is 0.124 e. The summed E-state index contributed by atoms with van der Waals surface area (Å²) >= 11 is 6.22. The molecule has 1 fully saturated rings. The zero-order chi connectivity index (χ0) is 18.3. The zero-order valence-corrected chi connectivity index (χ0v) is 16.5. The molecule has 4 rings (SSSR count). The second-order valence-corrected chi connectivity index (χ2v) is 8.08. The number of likely N-dealkylation sites (tertiary alicyclic amines) is 1. The number of aromatic amines is 1. The molecule has 1 atom stereocenters. The van der Waals surface area contributed by atoms with Gasteiger partial charge in [0, 0.05) is 11.6 Å². The van der Waals surface area contributed by atoms with Gasteiger partial charge in [0.15, 0.2) is 0 Å². The molecule has 1 aliphatic heterocycles. The summed E-state index contributed by atoms with van der Waals surface area (Å²) in [6.45, 7) is 8.55. The summed E-state index contributed by atoms with van der Waals surface area (Å²) in [5, 5.41) is 0.753. The van der Waals surface area contributed by atoms with Crippen molar-refractivity contribution in [3.05, 3.63) is 63.4 Å². The van der Waals surface area contributed by atoms with Crippen LogP contribution in [0.25, 0.3) is 11.0 Å².